The molecule has 3 heterocycles. The predicted octanol–water partition coefficient (Wildman–Crippen LogP) is 3.04. The maximum absolute atomic E-state index is 12.3. The quantitative estimate of drug-likeness (QED) is 0.591. The van der Waals surface area contributed by atoms with Gasteiger partial charge < -0.3 is 19.3 Å². The van der Waals surface area contributed by atoms with Gasteiger partial charge in [-0.05, 0) is 41.8 Å². The number of carbonyl (C=O) groups excluding carboxylic acids is 1. The summed E-state index contributed by atoms with van der Waals surface area (Å²) in [6, 6.07) is 13.1. The number of benzene rings is 1. The molecule has 7 nitrogen and oxygen atoms in total. The van der Waals surface area contributed by atoms with E-state index in [1.54, 1.807) is 23.6 Å². The Hall–Kier alpha value is -3.45. The maximum Gasteiger partial charge on any atom is 0.277 e. The summed E-state index contributed by atoms with van der Waals surface area (Å²) >= 11 is 0. The van der Waals surface area contributed by atoms with Gasteiger partial charge in [0.25, 0.3) is 5.91 Å². The molecule has 3 aromatic heterocycles. The summed E-state index contributed by atoms with van der Waals surface area (Å²) < 4.78 is 6.73. The first kappa shape index (κ1) is 16.0. The fourth-order valence-corrected chi connectivity index (χ4v) is 2.73. The zero-order valence-electron chi connectivity index (χ0n) is 14.0. The van der Waals surface area contributed by atoms with Crippen LogP contribution in [0.25, 0.3) is 16.8 Å². The second-order valence-electron chi connectivity index (χ2n) is 5.94. The predicted molar refractivity (Wildman–Crippen MR) is 95.7 cm³/mol. The van der Waals surface area contributed by atoms with Gasteiger partial charge in [-0.1, -0.05) is 23.4 Å². The molecule has 2 N–H and O–H groups in total. The first-order valence-electron chi connectivity index (χ1n) is 8.06. The third-order valence-electron chi connectivity index (χ3n) is 4.00. The molecule has 0 aliphatic rings. The summed E-state index contributed by atoms with van der Waals surface area (Å²) in [4.78, 5) is 16.7. The Morgan fingerprint density at radius 1 is 1.19 bits per heavy atom. The van der Waals surface area contributed by atoms with Crippen LogP contribution >= 0.6 is 0 Å². The molecule has 1 aromatic carbocycles. The number of aromatic nitrogens is 3. The third kappa shape index (κ3) is 3.07. The van der Waals surface area contributed by atoms with Crippen LogP contribution in [0.5, 0.6) is 0 Å². The second-order valence-corrected chi connectivity index (χ2v) is 5.94. The monoisotopic (exact) mass is 348 g/mol. The van der Waals surface area contributed by atoms with E-state index in [0.29, 0.717) is 17.2 Å². The molecular formula is C19H16N4O3. The number of aliphatic hydroxyl groups excluding tert-OH is 1. The lowest BCUT2D eigenvalue weighted by atomic mass is 10.1. The van der Waals surface area contributed by atoms with E-state index in [0.717, 1.165) is 16.7 Å². The molecule has 4 rings (SSSR count). The summed E-state index contributed by atoms with van der Waals surface area (Å²) in [5, 5.41) is 15.7. The van der Waals surface area contributed by atoms with Crippen LogP contribution in [0.3, 0.4) is 0 Å². The largest absolute Gasteiger partial charge is 0.392 e. The molecule has 4 aromatic rings. The van der Waals surface area contributed by atoms with Crippen molar-refractivity contribution < 1.29 is 14.4 Å². The van der Waals surface area contributed by atoms with Crippen LogP contribution in [-0.2, 0) is 6.61 Å². The standard InChI is InChI=1S/C19H16N4O3/c1-12-7-17(22-26-12)21-19(25)16-10-23-9-15(5-6-18(23)20-16)14-4-2-3-13(8-14)11-24/h2-10,24H,11H2,1H3,(H,21,22,25). The number of hydrogen-bond donors (Lipinski definition) is 2. The Labute approximate surface area is 148 Å². The number of fused-ring (bicyclic) bond motifs is 1. The number of imidazole rings is 1. The number of rotatable bonds is 4. The van der Waals surface area contributed by atoms with Gasteiger partial charge in [-0.2, -0.15) is 0 Å². The smallest absolute Gasteiger partial charge is 0.277 e. The van der Waals surface area contributed by atoms with Gasteiger partial charge in [0.1, 0.15) is 17.1 Å². The van der Waals surface area contributed by atoms with Gasteiger partial charge in [-0.15, -0.1) is 0 Å². The fraction of sp³-hybridized carbons (Fsp3) is 0.105. The number of anilines is 1. The minimum Gasteiger partial charge on any atom is -0.392 e. The van der Waals surface area contributed by atoms with Crippen molar-refractivity contribution in [2.75, 3.05) is 5.32 Å². The average Bonchev–Trinajstić information content (AvgIpc) is 3.27. The highest BCUT2D eigenvalue weighted by atomic mass is 16.5. The minimum absolute atomic E-state index is 0.00694. The van der Waals surface area contributed by atoms with Crippen LogP contribution in [0.2, 0.25) is 0 Å². The van der Waals surface area contributed by atoms with Crippen LogP contribution in [0.4, 0.5) is 5.82 Å². The van der Waals surface area contributed by atoms with Crippen molar-refractivity contribution in [3.05, 3.63) is 71.9 Å². The molecule has 0 radical (unpaired) electrons. The van der Waals surface area contributed by atoms with Gasteiger partial charge in [0.2, 0.25) is 0 Å². The number of carbonyl (C=O) groups is 1. The Morgan fingerprint density at radius 3 is 2.85 bits per heavy atom. The van der Waals surface area contributed by atoms with Gasteiger partial charge in [0, 0.05) is 18.5 Å². The first-order chi connectivity index (χ1) is 12.6. The van der Waals surface area contributed by atoms with Crippen molar-refractivity contribution in [2.45, 2.75) is 13.5 Å². The topological polar surface area (TPSA) is 92.7 Å². The number of aryl methyl sites for hydroxylation is 1. The highest BCUT2D eigenvalue weighted by Crippen LogP contribution is 2.22. The van der Waals surface area contributed by atoms with Crippen molar-refractivity contribution >= 4 is 17.4 Å². The Morgan fingerprint density at radius 2 is 2.08 bits per heavy atom. The van der Waals surface area contributed by atoms with Crippen molar-refractivity contribution in [2.24, 2.45) is 0 Å². The van der Waals surface area contributed by atoms with E-state index in [2.05, 4.69) is 15.5 Å². The van der Waals surface area contributed by atoms with E-state index in [9.17, 15) is 9.90 Å². The number of hydrogen-bond acceptors (Lipinski definition) is 5. The number of nitrogens with one attached hydrogen (secondary N) is 1. The zero-order valence-corrected chi connectivity index (χ0v) is 14.0. The number of aliphatic hydroxyl groups is 1. The van der Waals surface area contributed by atoms with Crippen LogP contribution in [0, 0.1) is 6.92 Å². The molecule has 0 aliphatic carbocycles. The lowest BCUT2D eigenvalue weighted by molar-refractivity contribution is 0.102. The number of amides is 1. The van der Waals surface area contributed by atoms with E-state index in [-0.39, 0.29) is 18.2 Å². The molecule has 26 heavy (non-hydrogen) atoms. The molecular weight excluding hydrogens is 332 g/mol. The van der Waals surface area contributed by atoms with Crippen molar-refractivity contribution in [1.82, 2.24) is 14.5 Å². The molecule has 0 unspecified atom stereocenters. The normalized spacial score (nSPS) is 11.0. The van der Waals surface area contributed by atoms with E-state index < -0.39 is 0 Å². The lowest BCUT2D eigenvalue weighted by Crippen LogP contribution is -2.12. The summed E-state index contributed by atoms with van der Waals surface area (Å²) in [6.45, 7) is 1.74. The van der Waals surface area contributed by atoms with Gasteiger partial charge in [-0.3, -0.25) is 4.79 Å². The molecule has 130 valence electrons. The van der Waals surface area contributed by atoms with E-state index in [1.165, 1.54) is 0 Å². The average molecular weight is 348 g/mol. The zero-order chi connectivity index (χ0) is 18.1. The molecule has 1 amide bonds. The molecule has 0 bridgehead atoms. The molecule has 0 spiro atoms. The van der Waals surface area contributed by atoms with Crippen LogP contribution in [-0.4, -0.2) is 25.6 Å². The highest BCUT2D eigenvalue weighted by Gasteiger charge is 2.13. The first-order valence-corrected chi connectivity index (χ1v) is 8.06. The van der Waals surface area contributed by atoms with Crippen LogP contribution in [0.15, 0.2) is 59.4 Å². The van der Waals surface area contributed by atoms with Gasteiger partial charge in [-0.25, -0.2) is 4.98 Å². The van der Waals surface area contributed by atoms with Gasteiger partial charge in [0.15, 0.2) is 5.82 Å². The maximum atomic E-state index is 12.3. The molecule has 0 atom stereocenters. The summed E-state index contributed by atoms with van der Waals surface area (Å²) in [5.74, 6) is 0.613. The molecule has 7 heteroatoms. The third-order valence-corrected chi connectivity index (χ3v) is 4.00. The summed E-state index contributed by atoms with van der Waals surface area (Å²) in [6.07, 6.45) is 3.56. The van der Waals surface area contributed by atoms with E-state index in [1.807, 2.05) is 42.6 Å². The molecule has 0 fully saturated rings. The lowest BCUT2D eigenvalue weighted by Gasteiger charge is -2.04. The SMILES string of the molecule is Cc1cc(NC(=O)c2cn3cc(-c4cccc(CO)c4)ccc3n2)no1. The van der Waals surface area contributed by atoms with Crippen molar-refractivity contribution in [3.8, 4) is 11.1 Å². The fourth-order valence-electron chi connectivity index (χ4n) is 2.73. The van der Waals surface area contributed by atoms with E-state index in [4.69, 9.17) is 4.52 Å². The van der Waals surface area contributed by atoms with Crippen LogP contribution < -0.4 is 5.32 Å². The van der Waals surface area contributed by atoms with Gasteiger partial charge in [0.05, 0.1) is 6.61 Å². The van der Waals surface area contributed by atoms with Gasteiger partial charge >= 0.3 is 0 Å². The number of nitrogens with zero attached hydrogens (tertiary/aromatic N) is 3. The Bertz CT molecular complexity index is 1100. The summed E-state index contributed by atoms with van der Waals surface area (Å²) in [7, 11) is 0. The van der Waals surface area contributed by atoms with Crippen molar-refractivity contribution in [1.29, 1.82) is 0 Å². The highest BCUT2D eigenvalue weighted by molar-refractivity contribution is 6.02. The second kappa shape index (κ2) is 6.45. The molecule has 0 aliphatic heterocycles. The number of pyridine rings is 1. The Balaban J connectivity index is 1.64. The van der Waals surface area contributed by atoms with Crippen molar-refractivity contribution in [3.63, 3.8) is 0 Å². The summed E-state index contributed by atoms with van der Waals surface area (Å²) in [5.41, 5.74) is 3.73. The molecule has 0 saturated heterocycles. The molecule has 0 saturated carbocycles. The minimum atomic E-state index is -0.356. The van der Waals surface area contributed by atoms with E-state index >= 15 is 0 Å². The van der Waals surface area contributed by atoms with Crippen LogP contribution in [0.1, 0.15) is 21.8 Å². The Kier molecular flexibility index (Phi) is 3.98.